The van der Waals surface area contributed by atoms with E-state index in [4.69, 9.17) is 4.74 Å². The van der Waals surface area contributed by atoms with Gasteiger partial charge in [0.2, 0.25) is 0 Å². The van der Waals surface area contributed by atoms with Crippen molar-refractivity contribution in [3.05, 3.63) is 65.2 Å². The van der Waals surface area contributed by atoms with Gasteiger partial charge in [0.25, 0.3) is 17.7 Å². The van der Waals surface area contributed by atoms with E-state index in [1.54, 1.807) is 42.5 Å². The van der Waals surface area contributed by atoms with E-state index >= 15 is 0 Å². The molecule has 3 amide bonds. The maximum atomic E-state index is 13.8. The van der Waals surface area contributed by atoms with Crippen molar-refractivity contribution in [1.82, 2.24) is 15.1 Å². The van der Waals surface area contributed by atoms with Crippen LogP contribution in [0.2, 0.25) is 0 Å². The van der Waals surface area contributed by atoms with E-state index in [2.05, 4.69) is 5.32 Å². The summed E-state index contributed by atoms with van der Waals surface area (Å²) in [5.74, 6) is -1.64. The smallest absolute Gasteiger partial charge is 0.305 e. The summed E-state index contributed by atoms with van der Waals surface area (Å²) in [5.41, 5.74) is 1.69. The number of carbonyl (C=O) groups is 4. The molecule has 2 aromatic carbocycles. The third-order valence-electron chi connectivity index (χ3n) is 7.47. The number of carboxylic acids is 1. The monoisotopic (exact) mass is 521 g/mol. The van der Waals surface area contributed by atoms with Crippen molar-refractivity contribution in [3.63, 3.8) is 0 Å². The number of benzene rings is 2. The number of aryl methyl sites for hydroxylation is 1. The Hall–Kier alpha value is -3.88. The topological polar surface area (TPSA) is 116 Å². The molecule has 2 unspecified atom stereocenters. The number of amides is 3. The van der Waals surface area contributed by atoms with Gasteiger partial charge in [0, 0.05) is 30.3 Å². The molecule has 4 rings (SSSR count). The van der Waals surface area contributed by atoms with Crippen molar-refractivity contribution in [2.45, 2.75) is 57.7 Å². The molecule has 0 spiro atoms. The molecule has 2 N–H and O–H groups in total. The maximum Gasteiger partial charge on any atom is 0.305 e. The van der Waals surface area contributed by atoms with Crippen LogP contribution in [0.25, 0.3) is 0 Å². The van der Waals surface area contributed by atoms with Crippen LogP contribution >= 0.6 is 0 Å². The minimum Gasteiger partial charge on any atom is -0.497 e. The van der Waals surface area contributed by atoms with Crippen LogP contribution in [0.4, 0.5) is 0 Å². The number of nitrogens with one attached hydrogen (secondary N) is 1. The molecule has 1 aliphatic heterocycles. The summed E-state index contributed by atoms with van der Waals surface area (Å²) in [7, 11) is 1.53. The van der Waals surface area contributed by atoms with Gasteiger partial charge in [-0.25, -0.2) is 0 Å². The molecule has 1 saturated carbocycles. The lowest BCUT2D eigenvalue weighted by Gasteiger charge is -2.34. The Balaban J connectivity index is 1.64. The fourth-order valence-electron chi connectivity index (χ4n) is 5.50. The third kappa shape index (κ3) is 6.15. The summed E-state index contributed by atoms with van der Waals surface area (Å²) in [4.78, 5) is 55.4. The number of hydrogen-bond donors (Lipinski definition) is 2. The molecule has 2 aliphatic rings. The van der Waals surface area contributed by atoms with Crippen LogP contribution in [0.15, 0.2) is 48.5 Å². The summed E-state index contributed by atoms with van der Waals surface area (Å²) in [6, 6.07) is 13.1. The number of nitrogens with zero attached hydrogens (tertiary/aromatic N) is 2. The van der Waals surface area contributed by atoms with Gasteiger partial charge in [-0.15, -0.1) is 0 Å². The first-order valence-corrected chi connectivity index (χ1v) is 13.1. The summed E-state index contributed by atoms with van der Waals surface area (Å²) in [6.07, 6.45) is 3.34. The molecule has 1 heterocycles. The quantitative estimate of drug-likeness (QED) is 0.550. The number of rotatable bonds is 8. The van der Waals surface area contributed by atoms with Crippen molar-refractivity contribution in [2.24, 2.45) is 5.92 Å². The van der Waals surface area contributed by atoms with Crippen molar-refractivity contribution >= 4 is 23.7 Å². The Bertz CT molecular complexity index is 1180. The van der Waals surface area contributed by atoms with E-state index in [0.717, 1.165) is 37.7 Å². The molecule has 2 fully saturated rings. The molecule has 2 aromatic rings. The summed E-state index contributed by atoms with van der Waals surface area (Å²) < 4.78 is 5.18. The number of carboxylic acid groups (broad SMARTS) is 1. The lowest BCUT2D eigenvalue weighted by Crippen LogP contribution is -2.57. The Kier molecular flexibility index (Phi) is 8.66. The third-order valence-corrected chi connectivity index (χ3v) is 7.47. The lowest BCUT2D eigenvalue weighted by molar-refractivity contribution is -0.138. The average molecular weight is 522 g/mol. The van der Waals surface area contributed by atoms with Gasteiger partial charge in [-0.1, -0.05) is 37.0 Å². The minimum atomic E-state index is -1.20. The predicted molar refractivity (Wildman–Crippen MR) is 141 cm³/mol. The second-order valence-corrected chi connectivity index (χ2v) is 10.1. The number of carbonyl (C=O) groups excluding carboxylic acids is 3. The minimum absolute atomic E-state index is 0.0388. The second-order valence-electron chi connectivity index (χ2n) is 10.1. The Morgan fingerprint density at radius 1 is 0.947 bits per heavy atom. The highest BCUT2D eigenvalue weighted by atomic mass is 16.5. The first-order chi connectivity index (χ1) is 18.3. The van der Waals surface area contributed by atoms with Crippen molar-refractivity contribution in [1.29, 1.82) is 0 Å². The average Bonchev–Trinajstić information content (AvgIpc) is 3.37. The molecule has 38 heavy (non-hydrogen) atoms. The fourth-order valence-corrected chi connectivity index (χ4v) is 5.50. The first kappa shape index (κ1) is 27.2. The van der Waals surface area contributed by atoms with Crippen LogP contribution in [0.5, 0.6) is 5.75 Å². The van der Waals surface area contributed by atoms with E-state index in [-0.39, 0.29) is 37.2 Å². The molecule has 1 aliphatic carbocycles. The standard InChI is InChI=1S/C29H35N3O6/c1-19-7-6-10-22(17-19)29(37)32-16-15-31(28(36)21-11-13-23(38-2)14-12-21)27(32)26(35)30-24(18-25(33)34)20-8-4-3-5-9-20/h6-7,10-14,17,20,24,27H,3-5,8-9,15-16,18H2,1-2H3,(H,30,35)(H,33,34). The Morgan fingerprint density at radius 3 is 2.16 bits per heavy atom. The molecular formula is C29H35N3O6. The van der Waals surface area contributed by atoms with E-state index in [9.17, 15) is 24.3 Å². The zero-order valence-electron chi connectivity index (χ0n) is 21.9. The van der Waals surface area contributed by atoms with Crippen LogP contribution in [-0.2, 0) is 9.59 Å². The first-order valence-electron chi connectivity index (χ1n) is 13.1. The number of aliphatic carboxylic acids is 1. The molecule has 0 aromatic heterocycles. The summed E-state index contributed by atoms with van der Waals surface area (Å²) in [5, 5.41) is 12.5. The van der Waals surface area contributed by atoms with Gasteiger partial charge in [0.1, 0.15) is 5.75 Å². The number of ether oxygens (including phenoxy) is 1. The fraction of sp³-hybridized carbons (Fsp3) is 0.448. The van der Waals surface area contributed by atoms with Crippen LogP contribution in [0.1, 0.15) is 64.8 Å². The molecule has 2 atom stereocenters. The van der Waals surface area contributed by atoms with E-state index in [1.807, 2.05) is 13.0 Å². The largest absolute Gasteiger partial charge is 0.497 e. The number of hydrogen-bond acceptors (Lipinski definition) is 5. The number of methoxy groups -OCH3 is 1. The van der Waals surface area contributed by atoms with Crippen molar-refractivity contribution in [2.75, 3.05) is 20.2 Å². The molecule has 1 saturated heterocycles. The Morgan fingerprint density at radius 2 is 1.58 bits per heavy atom. The maximum absolute atomic E-state index is 13.8. The van der Waals surface area contributed by atoms with Gasteiger partial charge >= 0.3 is 5.97 Å². The molecular weight excluding hydrogens is 486 g/mol. The zero-order chi connectivity index (χ0) is 27.2. The van der Waals surface area contributed by atoms with Gasteiger partial charge in [0.05, 0.1) is 13.5 Å². The van der Waals surface area contributed by atoms with Crippen molar-refractivity contribution in [3.8, 4) is 5.75 Å². The Labute approximate surface area is 222 Å². The van der Waals surface area contributed by atoms with E-state index < -0.39 is 24.1 Å². The molecule has 0 radical (unpaired) electrons. The highest BCUT2D eigenvalue weighted by molar-refractivity contribution is 6.02. The second kappa shape index (κ2) is 12.1. The van der Waals surface area contributed by atoms with Gasteiger partial charge in [-0.05, 0) is 62.1 Å². The predicted octanol–water partition coefficient (Wildman–Crippen LogP) is 3.47. The summed E-state index contributed by atoms with van der Waals surface area (Å²) in [6.45, 7) is 2.23. The highest BCUT2D eigenvalue weighted by Gasteiger charge is 2.44. The molecule has 0 bridgehead atoms. The van der Waals surface area contributed by atoms with E-state index in [1.165, 1.54) is 16.9 Å². The molecule has 9 heteroatoms. The van der Waals surface area contributed by atoms with E-state index in [0.29, 0.717) is 16.9 Å². The van der Waals surface area contributed by atoms with Crippen LogP contribution in [0, 0.1) is 12.8 Å². The SMILES string of the molecule is COc1ccc(C(=O)N2CCN(C(=O)c3cccc(C)c3)C2C(=O)NC(CC(=O)O)C2CCCCC2)cc1. The van der Waals surface area contributed by atoms with Crippen LogP contribution in [0.3, 0.4) is 0 Å². The zero-order valence-corrected chi connectivity index (χ0v) is 21.9. The van der Waals surface area contributed by atoms with Crippen LogP contribution < -0.4 is 10.1 Å². The highest BCUT2D eigenvalue weighted by Crippen LogP contribution is 2.29. The molecule has 202 valence electrons. The van der Waals surface area contributed by atoms with Crippen LogP contribution in [-0.4, -0.2) is 71.0 Å². The van der Waals surface area contributed by atoms with Gasteiger partial charge < -0.3 is 25.0 Å². The van der Waals surface area contributed by atoms with Gasteiger partial charge in [-0.3, -0.25) is 19.2 Å². The van der Waals surface area contributed by atoms with Gasteiger partial charge in [0.15, 0.2) is 6.17 Å². The molecule has 9 nitrogen and oxygen atoms in total. The van der Waals surface area contributed by atoms with Gasteiger partial charge in [-0.2, -0.15) is 0 Å². The normalized spacial score (nSPS) is 18.6. The summed E-state index contributed by atoms with van der Waals surface area (Å²) >= 11 is 0. The van der Waals surface area contributed by atoms with Crippen molar-refractivity contribution < 1.29 is 29.0 Å². The lowest BCUT2D eigenvalue weighted by atomic mass is 9.82.